The van der Waals surface area contributed by atoms with Crippen LogP contribution < -0.4 is 5.73 Å². The van der Waals surface area contributed by atoms with Crippen molar-refractivity contribution in [2.45, 2.75) is 13.5 Å². The summed E-state index contributed by atoms with van der Waals surface area (Å²) in [5.74, 6) is 0.944. The van der Waals surface area contributed by atoms with Gasteiger partial charge in [-0.1, -0.05) is 6.07 Å². The maximum absolute atomic E-state index is 5.52. The molecule has 0 aliphatic rings. The van der Waals surface area contributed by atoms with Gasteiger partial charge >= 0.3 is 0 Å². The van der Waals surface area contributed by atoms with E-state index in [9.17, 15) is 0 Å². The van der Waals surface area contributed by atoms with Gasteiger partial charge in [-0.15, -0.1) is 0 Å². The van der Waals surface area contributed by atoms with Crippen molar-refractivity contribution >= 4 is 11.0 Å². The fraction of sp³-hybridized carbons (Fsp3) is 0.200. The van der Waals surface area contributed by atoms with Gasteiger partial charge in [-0.25, -0.2) is 0 Å². The Morgan fingerprint density at radius 3 is 2.92 bits per heavy atom. The molecule has 1 aromatic carbocycles. The molecule has 1 aromatic heterocycles. The summed E-state index contributed by atoms with van der Waals surface area (Å²) in [6.07, 6.45) is 0. The van der Waals surface area contributed by atoms with E-state index in [0.717, 1.165) is 22.3 Å². The second kappa shape index (κ2) is 2.64. The third kappa shape index (κ3) is 1.10. The molecule has 2 heteroatoms. The molecule has 2 nitrogen and oxygen atoms in total. The molecule has 2 rings (SSSR count). The minimum atomic E-state index is 0.583. The number of hydrogen-bond acceptors (Lipinski definition) is 2. The lowest BCUT2D eigenvalue weighted by molar-refractivity contribution is 0.578. The number of fused-ring (bicyclic) bond motifs is 1. The van der Waals surface area contributed by atoms with E-state index < -0.39 is 0 Å². The molecule has 0 spiro atoms. The van der Waals surface area contributed by atoms with Gasteiger partial charge in [-0.2, -0.15) is 0 Å². The molecule has 0 atom stereocenters. The largest absolute Gasteiger partial charge is 0.461 e. The average molecular weight is 161 g/mol. The van der Waals surface area contributed by atoms with E-state index in [2.05, 4.69) is 6.07 Å². The van der Waals surface area contributed by atoms with Gasteiger partial charge in [-0.3, -0.25) is 0 Å². The molecule has 0 saturated carbocycles. The summed E-state index contributed by atoms with van der Waals surface area (Å²) in [5.41, 5.74) is 7.59. The van der Waals surface area contributed by atoms with Crippen molar-refractivity contribution in [2.24, 2.45) is 5.73 Å². The molecular formula is C10H11NO. The fourth-order valence-corrected chi connectivity index (χ4v) is 1.35. The molecule has 0 saturated heterocycles. The van der Waals surface area contributed by atoms with Crippen LogP contribution in [0.2, 0.25) is 0 Å². The predicted octanol–water partition coefficient (Wildman–Crippen LogP) is 2.20. The van der Waals surface area contributed by atoms with Gasteiger partial charge in [0.2, 0.25) is 0 Å². The van der Waals surface area contributed by atoms with E-state index in [4.69, 9.17) is 10.2 Å². The number of benzene rings is 1. The van der Waals surface area contributed by atoms with Crippen molar-refractivity contribution in [3.05, 3.63) is 35.6 Å². The Hall–Kier alpha value is -1.28. The van der Waals surface area contributed by atoms with E-state index in [-0.39, 0.29) is 0 Å². The topological polar surface area (TPSA) is 39.2 Å². The molecule has 0 aliphatic carbocycles. The number of nitrogens with two attached hydrogens (primary N) is 1. The van der Waals surface area contributed by atoms with E-state index in [1.54, 1.807) is 0 Å². The Morgan fingerprint density at radius 1 is 1.33 bits per heavy atom. The zero-order valence-corrected chi connectivity index (χ0v) is 7.00. The van der Waals surface area contributed by atoms with Crippen LogP contribution in [0, 0.1) is 6.92 Å². The quantitative estimate of drug-likeness (QED) is 0.696. The van der Waals surface area contributed by atoms with Crippen molar-refractivity contribution in [2.75, 3.05) is 0 Å². The molecule has 0 radical (unpaired) electrons. The first-order chi connectivity index (χ1) is 5.79. The second-order valence-electron chi connectivity index (χ2n) is 2.93. The first kappa shape index (κ1) is 7.37. The van der Waals surface area contributed by atoms with E-state index in [0.29, 0.717) is 6.54 Å². The van der Waals surface area contributed by atoms with Crippen molar-refractivity contribution in [3.63, 3.8) is 0 Å². The van der Waals surface area contributed by atoms with Crippen molar-refractivity contribution < 1.29 is 4.42 Å². The number of hydrogen-bond donors (Lipinski definition) is 1. The van der Waals surface area contributed by atoms with Gasteiger partial charge in [0.05, 0.1) is 0 Å². The third-order valence-corrected chi connectivity index (χ3v) is 1.94. The van der Waals surface area contributed by atoms with Crippen LogP contribution in [-0.2, 0) is 6.54 Å². The Bertz CT molecular complexity index is 403. The van der Waals surface area contributed by atoms with Gasteiger partial charge < -0.3 is 10.2 Å². The first-order valence-corrected chi connectivity index (χ1v) is 3.99. The van der Waals surface area contributed by atoms with Crippen molar-refractivity contribution in [3.8, 4) is 0 Å². The van der Waals surface area contributed by atoms with Crippen LogP contribution in [-0.4, -0.2) is 0 Å². The van der Waals surface area contributed by atoms with Crippen molar-refractivity contribution in [1.82, 2.24) is 0 Å². The SMILES string of the molecule is Cc1cc2cc(CN)ccc2o1. The molecule has 12 heavy (non-hydrogen) atoms. The minimum absolute atomic E-state index is 0.583. The maximum Gasteiger partial charge on any atom is 0.134 e. The van der Waals surface area contributed by atoms with Crippen LogP contribution >= 0.6 is 0 Å². The Morgan fingerprint density at radius 2 is 2.17 bits per heavy atom. The molecular weight excluding hydrogens is 150 g/mol. The highest BCUT2D eigenvalue weighted by molar-refractivity contribution is 5.78. The summed E-state index contributed by atoms with van der Waals surface area (Å²) in [6, 6.07) is 8.04. The Labute approximate surface area is 71.0 Å². The highest BCUT2D eigenvalue weighted by atomic mass is 16.3. The molecule has 1 heterocycles. The van der Waals surface area contributed by atoms with Crippen LogP contribution in [0.5, 0.6) is 0 Å². The first-order valence-electron chi connectivity index (χ1n) is 3.99. The highest BCUT2D eigenvalue weighted by Crippen LogP contribution is 2.19. The summed E-state index contributed by atoms with van der Waals surface area (Å²) < 4.78 is 5.43. The normalized spacial score (nSPS) is 10.8. The lowest BCUT2D eigenvalue weighted by Crippen LogP contribution is -1.94. The fourth-order valence-electron chi connectivity index (χ4n) is 1.35. The van der Waals surface area contributed by atoms with E-state index in [1.165, 1.54) is 0 Å². The minimum Gasteiger partial charge on any atom is -0.461 e. The monoisotopic (exact) mass is 161 g/mol. The smallest absolute Gasteiger partial charge is 0.134 e. The summed E-state index contributed by atoms with van der Waals surface area (Å²) in [4.78, 5) is 0. The predicted molar refractivity (Wildman–Crippen MR) is 48.8 cm³/mol. The van der Waals surface area contributed by atoms with Crippen molar-refractivity contribution in [1.29, 1.82) is 0 Å². The summed E-state index contributed by atoms with van der Waals surface area (Å²) >= 11 is 0. The maximum atomic E-state index is 5.52. The molecule has 0 unspecified atom stereocenters. The molecule has 0 bridgehead atoms. The number of rotatable bonds is 1. The van der Waals surface area contributed by atoms with Gasteiger partial charge in [0.25, 0.3) is 0 Å². The molecule has 0 amide bonds. The van der Waals surface area contributed by atoms with Crippen LogP contribution in [0.25, 0.3) is 11.0 Å². The number of aryl methyl sites for hydroxylation is 1. The highest BCUT2D eigenvalue weighted by Gasteiger charge is 1.99. The van der Waals surface area contributed by atoms with Crippen LogP contribution in [0.15, 0.2) is 28.7 Å². The second-order valence-corrected chi connectivity index (χ2v) is 2.93. The third-order valence-electron chi connectivity index (χ3n) is 1.94. The lowest BCUT2D eigenvalue weighted by atomic mass is 10.1. The van der Waals surface area contributed by atoms with Gasteiger partial charge in [0.15, 0.2) is 0 Å². The standard InChI is InChI=1S/C10H11NO/c1-7-4-9-5-8(6-11)2-3-10(9)12-7/h2-5H,6,11H2,1H3. The zero-order valence-electron chi connectivity index (χ0n) is 7.00. The molecule has 0 fully saturated rings. The lowest BCUT2D eigenvalue weighted by Gasteiger charge is -1.93. The zero-order chi connectivity index (χ0) is 8.55. The Kier molecular flexibility index (Phi) is 1.62. The Balaban J connectivity index is 2.66. The van der Waals surface area contributed by atoms with Gasteiger partial charge in [0, 0.05) is 11.9 Å². The summed E-state index contributed by atoms with van der Waals surface area (Å²) in [5, 5.41) is 1.13. The molecule has 62 valence electrons. The molecule has 2 N–H and O–H groups in total. The van der Waals surface area contributed by atoms with Crippen LogP contribution in [0.4, 0.5) is 0 Å². The van der Waals surface area contributed by atoms with E-state index >= 15 is 0 Å². The average Bonchev–Trinajstić information content (AvgIpc) is 2.43. The van der Waals surface area contributed by atoms with E-state index in [1.807, 2.05) is 25.1 Å². The summed E-state index contributed by atoms with van der Waals surface area (Å²) in [6.45, 7) is 2.53. The molecule has 0 aliphatic heterocycles. The van der Waals surface area contributed by atoms with Gasteiger partial charge in [0.1, 0.15) is 11.3 Å². The van der Waals surface area contributed by atoms with Crippen LogP contribution in [0.1, 0.15) is 11.3 Å². The molecule has 2 aromatic rings. The summed E-state index contributed by atoms with van der Waals surface area (Å²) in [7, 11) is 0. The van der Waals surface area contributed by atoms with Gasteiger partial charge in [-0.05, 0) is 30.7 Å². The number of furan rings is 1. The van der Waals surface area contributed by atoms with Crippen LogP contribution in [0.3, 0.4) is 0 Å².